The first-order valence-corrected chi connectivity index (χ1v) is 8.89. The van der Waals surface area contributed by atoms with E-state index in [4.69, 9.17) is 0 Å². The second-order valence-electron chi connectivity index (χ2n) is 5.38. The molecule has 0 unspecified atom stereocenters. The standard InChI is InChI=1S/C15H24N2O2S/c1-2-16-11-9-14-5-7-15(8-6-14)20(18,19)17-12-10-13-3-4-13/h5-8,13,16-17H,2-4,9-12H2,1H3. The van der Waals surface area contributed by atoms with Gasteiger partial charge >= 0.3 is 0 Å². The molecule has 0 aliphatic heterocycles. The summed E-state index contributed by atoms with van der Waals surface area (Å²) in [5.74, 6) is 0.742. The zero-order chi connectivity index (χ0) is 14.4. The van der Waals surface area contributed by atoms with Gasteiger partial charge in [-0.05, 0) is 49.5 Å². The molecular formula is C15H24N2O2S. The van der Waals surface area contributed by atoms with Crippen LogP contribution in [0.25, 0.3) is 0 Å². The lowest BCUT2D eigenvalue weighted by Gasteiger charge is -2.07. The lowest BCUT2D eigenvalue weighted by atomic mass is 10.1. The van der Waals surface area contributed by atoms with Crippen molar-refractivity contribution in [2.24, 2.45) is 5.92 Å². The molecule has 0 heterocycles. The molecule has 5 heteroatoms. The first-order chi connectivity index (χ1) is 9.62. The molecule has 1 aliphatic carbocycles. The Kier molecular flexibility index (Phi) is 5.57. The highest BCUT2D eigenvalue weighted by Crippen LogP contribution is 2.31. The summed E-state index contributed by atoms with van der Waals surface area (Å²) in [6.07, 6.45) is 4.38. The van der Waals surface area contributed by atoms with Gasteiger partial charge in [0.2, 0.25) is 10.0 Å². The van der Waals surface area contributed by atoms with Crippen LogP contribution in [0.5, 0.6) is 0 Å². The molecule has 0 radical (unpaired) electrons. The van der Waals surface area contributed by atoms with E-state index < -0.39 is 10.0 Å². The van der Waals surface area contributed by atoms with Gasteiger partial charge in [0, 0.05) is 6.54 Å². The Hall–Kier alpha value is -0.910. The van der Waals surface area contributed by atoms with Crippen molar-refractivity contribution < 1.29 is 8.42 Å². The first kappa shape index (κ1) is 15.5. The highest BCUT2D eigenvalue weighted by atomic mass is 32.2. The second-order valence-corrected chi connectivity index (χ2v) is 7.14. The molecule has 20 heavy (non-hydrogen) atoms. The van der Waals surface area contributed by atoms with Crippen molar-refractivity contribution >= 4 is 10.0 Å². The van der Waals surface area contributed by atoms with Gasteiger partial charge in [0.05, 0.1) is 4.90 Å². The van der Waals surface area contributed by atoms with Crippen LogP contribution >= 0.6 is 0 Å². The van der Waals surface area contributed by atoms with E-state index in [2.05, 4.69) is 17.0 Å². The Morgan fingerprint density at radius 1 is 1.15 bits per heavy atom. The SMILES string of the molecule is CCNCCc1ccc(S(=O)(=O)NCCC2CC2)cc1. The monoisotopic (exact) mass is 296 g/mol. The summed E-state index contributed by atoms with van der Waals surface area (Å²) in [7, 11) is -3.34. The Bertz CT molecular complexity index is 507. The molecule has 112 valence electrons. The molecule has 0 aromatic heterocycles. The third kappa shape index (κ3) is 4.89. The molecule has 1 aromatic rings. The average molecular weight is 296 g/mol. The quantitative estimate of drug-likeness (QED) is 0.685. The van der Waals surface area contributed by atoms with Gasteiger partial charge in [-0.1, -0.05) is 31.9 Å². The maximum absolute atomic E-state index is 12.1. The van der Waals surface area contributed by atoms with E-state index in [0.29, 0.717) is 11.4 Å². The van der Waals surface area contributed by atoms with Crippen molar-refractivity contribution in [3.63, 3.8) is 0 Å². The summed E-state index contributed by atoms with van der Waals surface area (Å²) in [5, 5.41) is 3.26. The first-order valence-electron chi connectivity index (χ1n) is 7.41. The molecule has 1 saturated carbocycles. The second kappa shape index (κ2) is 7.20. The van der Waals surface area contributed by atoms with Crippen LogP contribution in [0.2, 0.25) is 0 Å². The maximum Gasteiger partial charge on any atom is 0.240 e. The summed E-state index contributed by atoms with van der Waals surface area (Å²) in [6, 6.07) is 7.18. The van der Waals surface area contributed by atoms with Gasteiger partial charge in [-0.15, -0.1) is 0 Å². The fraction of sp³-hybridized carbons (Fsp3) is 0.600. The number of hydrogen-bond acceptors (Lipinski definition) is 3. The molecule has 1 aliphatic rings. The fourth-order valence-corrected chi connectivity index (χ4v) is 3.18. The predicted octanol–water partition coefficient (Wildman–Crippen LogP) is 1.92. The lowest BCUT2D eigenvalue weighted by Crippen LogP contribution is -2.25. The summed E-state index contributed by atoms with van der Waals surface area (Å²) >= 11 is 0. The lowest BCUT2D eigenvalue weighted by molar-refractivity contribution is 0.575. The van der Waals surface area contributed by atoms with E-state index >= 15 is 0 Å². The highest BCUT2D eigenvalue weighted by Gasteiger charge is 2.22. The van der Waals surface area contributed by atoms with E-state index in [1.807, 2.05) is 12.1 Å². The third-order valence-corrected chi connectivity index (χ3v) is 5.09. The molecule has 2 rings (SSSR count). The van der Waals surface area contributed by atoms with Crippen molar-refractivity contribution in [2.45, 2.75) is 37.5 Å². The minimum absolute atomic E-state index is 0.362. The zero-order valence-electron chi connectivity index (χ0n) is 12.1. The molecule has 0 atom stereocenters. The highest BCUT2D eigenvalue weighted by molar-refractivity contribution is 7.89. The van der Waals surface area contributed by atoms with Gasteiger partial charge in [-0.2, -0.15) is 0 Å². The van der Waals surface area contributed by atoms with E-state index in [-0.39, 0.29) is 0 Å². The Morgan fingerprint density at radius 3 is 2.45 bits per heavy atom. The normalized spacial score (nSPS) is 15.4. The van der Waals surface area contributed by atoms with E-state index in [1.54, 1.807) is 12.1 Å². The summed E-state index contributed by atoms with van der Waals surface area (Å²) in [4.78, 5) is 0.362. The smallest absolute Gasteiger partial charge is 0.240 e. The van der Waals surface area contributed by atoms with E-state index in [9.17, 15) is 8.42 Å². The van der Waals surface area contributed by atoms with Crippen LogP contribution in [-0.2, 0) is 16.4 Å². The number of rotatable bonds is 9. The van der Waals surface area contributed by atoms with Gasteiger partial charge in [0.1, 0.15) is 0 Å². The molecule has 0 saturated heterocycles. The predicted molar refractivity (Wildman–Crippen MR) is 81.2 cm³/mol. The van der Waals surface area contributed by atoms with Crippen molar-refractivity contribution in [1.82, 2.24) is 10.0 Å². The van der Waals surface area contributed by atoms with Crippen LogP contribution in [0.3, 0.4) is 0 Å². The maximum atomic E-state index is 12.1. The number of nitrogens with one attached hydrogen (secondary N) is 2. The molecule has 1 fully saturated rings. The molecule has 0 bridgehead atoms. The van der Waals surface area contributed by atoms with Crippen molar-refractivity contribution in [1.29, 1.82) is 0 Å². The van der Waals surface area contributed by atoms with Crippen LogP contribution in [0.4, 0.5) is 0 Å². The number of benzene rings is 1. The van der Waals surface area contributed by atoms with Crippen molar-refractivity contribution in [2.75, 3.05) is 19.6 Å². The van der Waals surface area contributed by atoms with Crippen LogP contribution in [0, 0.1) is 5.92 Å². The fourth-order valence-electron chi connectivity index (χ4n) is 2.13. The van der Waals surface area contributed by atoms with E-state index in [0.717, 1.165) is 37.4 Å². The number of likely N-dealkylation sites (N-methyl/N-ethyl adjacent to an activating group) is 1. The average Bonchev–Trinajstić information content (AvgIpc) is 3.24. The van der Waals surface area contributed by atoms with Gasteiger partial charge in [0.15, 0.2) is 0 Å². The van der Waals surface area contributed by atoms with Crippen LogP contribution in [0.1, 0.15) is 31.7 Å². The Labute approximate surface area is 122 Å². The van der Waals surface area contributed by atoms with Crippen molar-refractivity contribution in [3.05, 3.63) is 29.8 Å². The largest absolute Gasteiger partial charge is 0.317 e. The Balaban J connectivity index is 1.86. The number of sulfonamides is 1. The number of hydrogen-bond donors (Lipinski definition) is 2. The minimum Gasteiger partial charge on any atom is -0.317 e. The van der Waals surface area contributed by atoms with Crippen LogP contribution in [0.15, 0.2) is 29.2 Å². The van der Waals surface area contributed by atoms with Crippen LogP contribution in [-0.4, -0.2) is 28.1 Å². The molecule has 4 nitrogen and oxygen atoms in total. The topological polar surface area (TPSA) is 58.2 Å². The summed E-state index contributed by atoms with van der Waals surface area (Å²) < 4.78 is 26.8. The Morgan fingerprint density at radius 2 is 1.85 bits per heavy atom. The molecule has 0 spiro atoms. The molecule has 0 amide bonds. The summed E-state index contributed by atoms with van der Waals surface area (Å²) in [5.41, 5.74) is 1.16. The summed E-state index contributed by atoms with van der Waals surface area (Å²) in [6.45, 7) is 4.50. The van der Waals surface area contributed by atoms with Crippen LogP contribution < -0.4 is 10.0 Å². The zero-order valence-corrected chi connectivity index (χ0v) is 12.9. The van der Waals surface area contributed by atoms with Gasteiger partial charge in [-0.25, -0.2) is 13.1 Å². The van der Waals surface area contributed by atoms with Gasteiger partial charge in [0.25, 0.3) is 0 Å². The molecule has 1 aromatic carbocycles. The molecular weight excluding hydrogens is 272 g/mol. The third-order valence-electron chi connectivity index (χ3n) is 3.62. The van der Waals surface area contributed by atoms with Crippen molar-refractivity contribution in [3.8, 4) is 0 Å². The van der Waals surface area contributed by atoms with E-state index in [1.165, 1.54) is 12.8 Å². The van der Waals surface area contributed by atoms with Gasteiger partial charge in [-0.3, -0.25) is 0 Å². The molecule has 2 N–H and O–H groups in total. The minimum atomic E-state index is -3.34. The van der Waals surface area contributed by atoms with Gasteiger partial charge < -0.3 is 5.32 Å².